The molecule has 5 rings (SSSR count). The number of anilines is 3. The molecule has 2 aliphatic carbocycles. The van der Waals surface area contributed by atoms with Gasteiger partial charge in [0, 0.05) is 23.0 Å². The van der Waals surface area contributed by atoms with Gasteiger partial charge >= 0.3 is 0 Å². The zero-order valence-corrected chi connectivity index (χ0v) is 21.6. The first-order valence-corrected chi connectivity index (χ1v) is 13.2. The molecule has 0 saturated heterocycles. The fourth-order valence-electron chi connectivity index (χ4n) is 5.34. The van der Waals surface area contributed by atoms with Gasteiger partial charge in [-0.1, -0.05) is 30.1 Å². The van der Waals surface area contributed by atoms with E-state index in [9.17, 15) is 9.90 Å². The van der Waals surface area contributed by atoms with Crippen LogP contribution in [-0.4, -0.2) is 42.7 Å². The molecule has 0 radical (unpaired) electrons. The Hall–Kier alpha value is -2.62. The Balaban J connectivity index is 1.48. The number of carbonyl (C=O) groups excluding carboxylic acids is 1. The maximum atomic E-state index is 11.7. The van der Waals surface area contributed by atoms with Gasteiger partial charge in [-0.2, -0.15) is 4.98 Å². The fourth-order valence-corrected chi connectivity index (χ4v) is 5.79. The van der Waals surface area contributed by atoms with Crippen molar-refractivity contribution in [3.05, 3.63) is 34.4 Å². The Morgan fingerprint density at radius 1 is 1.14 bits per heavy atom. The number of fused-ring (bicyclic) bond motifs is 1. The molecule has 5 N–H and O–H groups in total. The van der Waals surface area contributed by atoms with Crippen LogP contribution in [0.3, 0.4) is 0 Å². The molecule has 1 aromatic carbocycles. The molecule has 2 fully saturated rings. The van der Waals surface area contributed by atoms with E-state index in [1.165, 1.54) is 0 Å². The molecule has 0 aliphatic heterocycles. The van der Waals surface area contributed by atoms with Crippen LogP contribution in [0.2, 0.25) is 10.0 Å². The number of hydrogen-bond donors (Lipinski definition) is 4. The first kappa shape index (κ1) is 25.0. The summed E-state index contributed by atoms with van der Waals surface area (Å²) >= 11 is 12.5. The third-order valence-corrected chi connectivity index (χ3v) is 8.11. The highest BCUT2D eigenvalue weighted by Gasteiger charge is 2.30. The van der Waals surface area contributed by atoms with Crippen molar-refractivity contribution >= 4 is 57.9 Å². The summed E-state index contributed by atoms with van der Waals surface area (Å²) < 4.78 is 2.09. The number of nitrogens with zero attached hydrogens (tertiary/aromatic N) is 4. The van der Waals surface area contributed by atoms with Crippen molar-refractivity contribution < 1.29 is 9.90 Å². The number of primary amides is 1. The predicted molar refractivity (Wildman–Crippen MR) is 142 cm³/mol. The number of nitrogens with two attached hydrogens (primary N) is 1. The van der Waals surface area contributed by atoms with Crippen LogP contribution in [0.4, 0.5) is 17.6 Å². The SMILES string of the molecule is C[C@@H]1CC[C@@H](Nc2ncc3nc(Nc4ccc(Cl)cc4Cl)n(C4CCC(C(N)=O)CC4)c3n2)C[C@H]1O. The standard InChI is InChI=1S/C25H31Cl2N7O2/c1-13-2-6-16(11-21(13)35)30-24-29-12-20-23(33-24)34(17-7-3-14(4-8-17)22(28)36)25(32-20)31-19-9-5-15(26)10-18(19)27/h5,9-10,12-14,16-17,21,35H,2-4,6-8,11H2,1H3,(H2,28,36)(H,31,32)(H,29,30,33)/t13-,14?,16-,17?,21-/m1/s1. The van der Waals surface area contributed by atoms with E-state index in [1.54, 1.807) is 18.3 Å². The zero-order valence-electron chi connectivity index (χ0n) is 20.1. The molecule has 0 spiro atoms. The van der Waals surface area contributed by atoms with E-state index in [-0.39, 0.29) is 30.0 Å². The van der Waals surface area contributed by atoms with Gasteiger partial charge in [-0.3, -0.25) is 9.36 Å². The second-order valence-corrected chi connectivity index (χ2v) is 10.9. The van der Waals surface area contributed by atoms with Gasteiger partial charge in [0.1, 0.15) is 5.52 Å². The quantitative estimate of drug-likeness (QED) is 0.349. The van der Waals surface area contributed by atoms with Crippen LogP contribution in [0.15, 0.2) is 24.4 Å². The summed E-state index contributed by atoms with van der Waals surface area (Å²) in [5.74, 6) is 1.07. The summed E-state index contributed by atoms with van der Waals surface area (Å²) in [6, 6.07) is 5.45. The lowest BCUT2D eigenvalue weighted by molar-refractivity contribution is -0.122. The number of aromatic nitrogens is 4. The summed E-state index contributed by atoms with van der Waals surface area (Å²) in [5, 5.41) is 18.1. The van der Waals surface area contributed by atoms with Gasteiger partial charge in [-0.25, -0.2) is 9.97 Å². The summed E-state index contributed by atoms with van der Waals surface area (Å²) in [4.78, 5) is 25.9. The van der Waals surface area contributed by atoms with E-state index in [0.29, 0.717) is 51.1 Å². The van der Waals surface area contributed by atoms with E-state index >= 15 is 0 Å². The van der Waals surface area contributed by atoms with Crippen molar-refractivity contribution in [3.8, 4) is 0 Å². The number of rotatable bonds is 6. The number of hydrogen-bond acceptors (Lipinski definition) is 7. The number of nitrogens with one attached hydrogen (secondary N) is 2. The third kappa shape index (κ3) is 5.23. The van der Waals surface area contributed by atoms with Gasteiger partial charge in [0.2, 0.25) is 17.8 Å². The van der Waals surface area contributed by atoms with E-state index < -0.39 is 0 Å². The second kappa shape index (κ2) is 10.4. The lowest BCUT2D eigenvalue weighted by Gasteiger charge is -2.31. The number of halogens is 2. The summed E-state index contributed by atoms with van der Waals surface area (Å²) in [6.45, 7) is 2.08. The lowest BCUT2D eigenvalue weighted by atomic mass is 9.85. The van der Waals surface area contributed by atoms with Crippen LogP contribution in [0.1, 0.15) is 57.9 Å². The van der Waals surface area contributed by atoms with Crippen LogP contribution < -0.4 is 16.4 Å². The number of benzene rings is 1. The predicted octanol–water partition coefficient (Wildman–Crippen LogP) is 5.05. The van der Waals surface area contributed by atoms with Crippen molar-refractivity contribution in [1.82, 2.24) is 19.5 Å². The normalized spacial score (nSPS) is 26.6. The average Bonchev–Trinajstić information content (AvgIpc) is 3.20. The minimum Gasteiger partial charge on any atom is -0.393 e. The summed E-state index contributed by atoms with van der Waals surface area (Å²) in [7, 11) is 0. The van der Waals surface area contributed by atoms with Gasteiger partial charge in [-0.05, 0) is 69.1 Å². The van der Waals surface area contributed by atoms with Gasteiger partial charge in [0.05, 0.1) is 23.0 Å². The molecule has 3 atom stereocenters. The van der Waals surface area contributed by atoms with Gasteiger partial charge < -0.3 is 21.5 Å². The minimum atomic E-state index is -0.328. The Kier molecular flexibility index (Phi) is 7.23. The number of imidazole rings is 1. The molecule has 2 aromatic heterocycles. The third-order valence-electron chi connectivity index (χ3n) is 7.56. The van der Waals surface area contributed by atoms with Crippen molar-refractivity contribution in [1.29, 1.82) is 0 Å². The molecule has 2 heterocycles. The van der Waals surface area contributed by atoms with Crippen molar-refractivity contribution in [3.63, 3.8) is 0 Å². The molecule has 1 amide bonds. The molecule has 36 heavy (non-hydrogen) atoms. The second-order valence-electron chi connectivity index (χ2n) is 10.1. The summed E-state index contributed by atoms with van der Waals surface area (Å²) in [6.07, 6.45) is 6.96. The molecule has 2 saturated carbocycles. The first-order chi connectivity index (χ1) is 17.3. The molecule has 192 valence electrons. The van der Waals surface area contributed by atoms with Crippen molar-refractivity contribution in [2.45, 2.75) is 70.1 Å². The maximum Gasteiger partial charge on any atom is 0.224 e. The highest BCUT2D eigenvalue weighted by atomic mass is 35.5. The Bertz CT molecular complexity index is 1260. The molecule has 11 heteroatoms. The number of amides is 1. The molecular formula is C25H31Cl2N7O2. The van der Waals surface area contributed by atoms with Crippen molar-refractivity contribution in [2.24, 2.45) is 17.6 Å². The minimum absolute atomic E-state index is 0.0827. The van der Waals surface area contributed by atoms with E-state index in [1.807, 2.05) is 6.07 Å². The fraction of sp³-hybridized carbons (Fsp3) is 0.520. The van der Waals surface area contributed by atoms with Crippen molar-refractivity contribution in [2.75, 3.05) is 10.6 Å². The number of aliphatic hydroxyl groups excluding tert-OH is 1. The van der Waals surface area contributed by atoms with Gasteiger partial charge in [0.15, 0.2) is 5.65 Å². The molecular weight excluding hydrogens is 501 g/mol. The Labute approximate surface area is 219 Å². The van der Waals surface area contributed by atoms with E-state index in [4.69, 9.17) is 38.9 Å². The largest absolute Gasteiger partial charge is 0.393 e. The maximum absolute atomic E-state index is 11.7. The smallest absolute Gasteiger partial charge is 0.224 e. The monoisotopic (exact) mass is 531 g/mol. The first-order valence-electron chi connectivity index (χ1n) is 12.5. The van der Waals surface area contributed by atoms with Gasteiger partial charge in [0.25, 0.3) is 0 Å². The van der Waals surface area contributed by atoms with E-state index in [2.05, 4.69) is 27.1 Å². The highest BCUT2D eigenvalue weighted by molar-refractivity contribution is 6.36. The topological polar surface area (TPSA) is 131 Å². The van der Waals surface area contributed by atoms with Crippen LogP contribution in [0.5, 0.6) is 0 Å². The van der Waals surface area contributed by atoms with Crippen LogP contribution in [-0.2, 0) is 4.79 Å². The molecule has 0 unspecified atom stereocenters. The average molecular weight is 532 g/mol. The molecule has 2 aliphatic rings. The number of aliphatic hydroxyl groups is 1. The molecule has 0 bridgehead atoms. The number of carbonyl (C=O) groups is 1. The summed E-state index contributed by atoms with van der Waals surface area (Å²) in [5.41, 5.74) is 7.60. The molecule has 3 aromatic rings. The Morgan fingerprint density at radius 3 is 2.61 bits per heavy atom. The highest BCUT2D eigenvalue weighted by Crippen LogP contribution is 2.38. The van der Waals surface area contributed by atoms with E-state index in [0.717, 1.165) is 38.5 Å². The molecule has 9 nitrogen and oxygen atoms in total. The van der Waals surface area contributed by atoms with Crippen LogP contribution >= 0.6 is 23.2 Å². The van der Waals surface area contributed by atoms with Crippen LogP contribution in [0, 0.1) is 11.8 Å². The van der Waals surface area contributed by atoms with Gasteiger partial charge in [-0.15, -0.1) is 0 Å². The Morgan fingerprint density at radius 2 is 1.92 bits per heavy atom. The lowest BCUT2D eigenvalue weighted by Crippen LogP contribution is -2.35. The zero-order chi connectivity index (χ0) is 25.4. The van der Waals surface area contributed by atoms with Crippen LogP contribution in [0.25, 0.3) is 11.2 Å².